The van der Waals surface area contributed by atoms with Crippen molar-refractivity contribution in [1.29, 1.82) is 0 Å². The fraction of sp³-hybridized carbons (Fsp3) is 0.111. The normalized spacial score (nSPS) is 10.4. The summed E-state index contributed by atoms with van der Waals surface area (Å²) in [4.78, 5) is 27.6. The number of halogens is 1. The molecule has 138 valence electrons. The standard InChI is InChI=1S/C18H15FN4O3S/c1-26-17(25)11-6-8-12(9-7-11)20-15(24)10-27-18-21-16(22-23-18)13-4-2-3-5-14(13)19/h2-9H,10H2,1H3,(H,20,24)(H,21,22,23). The van der Waals surface area contributed by atoms with Crippen LogP contribution in [0.25, 0.3) is 11.4 Å². The minimum absolute atomic E-state index is 0.0767. The highest BCUT2D eigenvalue weighted by molar-refractivity contribution is 7.99. The van der Waals surface area contributed by atoms with Crippen LogP contribution < -0.4 is 5.32 Å². The van der Waals surface area contributed by atoms with Crippen molar-refractivity contribution in [2.75, 3.05) is 18.2 Å². The van der Waals surface area contributed by atoms with Gasteiger partial charge in [0, 0.05) is 5.69 Å². The van der Waals surface area contributed by atoms with Crippen molar-refractivity contribution in [2.45, 2.75) is 5.16 Å². The average Bonchev–Trinajstić information content (AvgIpc) is 3.15. The van der Waals surface area contributed by atoms with Crippen LogP contribution in [0.5, 0.6) is 0 Å². The Morgan fingerprint density at radius 3 is 2.63 bits per heavy atom. The molecule has 9 heteroatoms. The Morgan fingerprint density at radius 2 is 1.93 bits per heavy atom. The lowest BCUT2D eigenvalue weighted by molar-refractivity contribution is -0.113. The summed E-state index contributed by atoms with van der Waals surface area (Å²) < 4.78 is 18.4. The Bertz CT molecular complexity index is 959. The van der Waals surface area contributed by atoms with Crippen LogP contribution in [0.4, 0.5) is 10.1 Å². The number of esters is 1. The Balaban J connectivity index is 1.55. The molecule has 7 nitrogen and oxygen atoms in total. The van der Waals surface area contributed by atoms with Gasteiger partial charge in [-0.25, -0.2) is 14.2 Å². The number of anilines is 1. The SMILES string of the molecule is COC(=O)c1ccc(NC(=O)CSc2n[nH]c(-c3ccccc3F)n2)cc1. The second-order valence-electron chi connectivity index (χ2n) is 5.35. The van der Waals surface area contributed by atoms with E-state index in [2.05, 4.69) is 25.2 Å². The van der Waals surface area contributed by atoms with Crippen LogP contribution >= 0.6 is 11.8 Å². The molecule has 3 rings (SSSR count). The van der Waals surface area contributed by atoms with Gasteiger partial charge in [-0.3, -0.25) is 9.89 Å². The number of H-pyrrole nitrogens is 1. The topological polar surface area (TPSA) is 97.0 Å². The molecule has 0 spiro atoms. The molecule has 3 aromatic rings. The molecule has 1 heterocycles. The molecule has 1 aromatic heterocycles. The van der Waals surface area contributed by atoms with E-state index in [1.54, 1.807) is 42.5 Å². The number of nitrogens with one attached hydrogen (secondary N) is 2. The number of ether oxygens (including phenoxy) is 1. The summed E-state index contributed by atoms with van der Waals surface area (Å²) in [6.45, 7) is 0. The summed E-state index contributed by atoms with van der Waals surface area (Å²) in [6, 6.07) is 12.6. The zero-order valence-electron chi connectivity index (χ0n) is 14.2. The summed E-state index contributed by atoms with van der Waals surface area (Å²) >= 11 is 1.12. The first-order chi connectivity index (χ1) is 13.1. The number of aromatic nitrogens is 3. The number of aromatic amines is 1. The van der Waals surface area contributed by atoms with Crippen LogP contribution in [0, 0.1) is 5.82 Å². The minimum atomic E-state index is -0.446. The number of rotatable bonds is 6. The Morgan fingerprint density at radius 1 is 1.19 bits per heavy atom. The predicted molar refractivity (Wildman–Crippen MR) is 98.9 cm³/mol. The van der Waals surface area contributed by atoms with Crippen molar-refractivity contribution in [1.82, 2.24) is 15.2 Å². The van der Waals surface area contributed by atoms with Crippen molar-refractivity contribution in [3.63, 3.8) is 0 Å². The molecule has 27 heavy (non-hydrogen) atoms. The summed E-state index contributed by atoms with van der Waals surface area (Å²) in [5, 5.41) is 9.69. The monoisotopic (exact) mass is 386 g/mol. The summed E-state index contributed by atoms with van der Waals surface area (Å²) in [6.07, 6.45) is 0. The highest BCUT2D eigenvalue weighted by atomic mass is 32.2. The molecule has 2 N–H and O–H groups in total. The molecule has 0 aliphatic heterocycles. The molecule has 0 radical (unpaired) electrons. The first kappa shape index (κ1) is 18.6. The van der Waals surface area contributed by atoms with Crippen LogP contribution in [0.2, 0.25) is 0 Å². The highest BCUT2D eigenvalue weighted by Gasteiger charge is 2.12. The largest absolute Gasteiger partial charge is 0.465 e. The second-order valence-corrected chi connectivity index (χ2v) is 6.29. The van der Waals surface area contributed by atoms with Crippen molar-refractivity contribution in [3.05, 3.63) is 59.9 Å². The number of benzene rings is 2. The third-order valence-electron chi connectivity index (χ3n) is 3.52. The third-order valence-corrected chi connectivity index (χ3v) is 4.36. The molecule has 2 aromatic carbocycles. The molecular weight excluding hydrogens is 371 g/mol. The number of carbonyl (C=O) groups excluding carboxylic acids is 2. The first-order valence-corrected chi connectivity index (χ1v) is 8.83. The molecular formula is C18H15FN4O3S. The van der Waals surface area contributed by atoms with E-state index < -0.39 is 11.8 Å². The van der Waals surface area contributed by atoms with Crippen LogP contribution in [-0.4, -0.2) is 39.9 Å². The van der Waals surface area contributed by atoms with E-state index in [0.717, 1.165) is 11.8 Å². The third kappa shape index (κ3) is 4.70. The number of methoxy groups -OCH3 is 1. The average molecular weight is 386 g/mol. The molecule has 1 amide bonds. The van der Waals surface area contributed by atoms with Gasteiger partial charge in [-0.05, 0) is 36.4 Å². The fourth-order valence-corrected chi connectivity index (χ4v) is 2.82. The maximum absolute atomic E-state index is 13.8. The van der Waals surface area contributed by atoms with Crippen molar-refractivity contribution in [3.8, 4) is 11.4 Å². The van der Waals surface area contributed by atoms with Crippen molar-refractivity contribution >= 4 is 29.3 Å². The smallest absolute Gasteiger partial charge is 0.337 e. The van der Waals surface area contributed by atoms with Crippen LogP contribution in [0.3, 0.4) is 0 Å². The number of nitrogens with zero attached hydrogens (tertiary/aromatic N) is 2. The first-order valence-electron chi connectivity index (χ1n) is 7.85. The van der Waals surface area contributed by atoms with Crippen LogP contribution in [0.15, 0.2) is 53.7 Å². The van der Waals surface area contributed by atoms with Gasteiger partial charge in [0.25, 0.3) is 0 Å². The number of thioether (sulfide) groups is 1. The zero-order valence-corrected chi connectivity index (χ0v) is 15.0. The Labute approximate surface area is 158 Å². The fourth-order valence-electron chi connectivity index (χ4n) is 2.22. The highest BCUT2D eigenvalue weighted by Crippen LogP contribution is 2.21. The number of hydrogen-bond acceptors (Lipinski definition) is 6. The Kier molecular flexibility index (Phi) is 5.82. The Hall–Kier alpha value is -3.20. The molecule has 0 saturated carbocycles. The van der Waals surface area contributed by atoms with Gasteiger partial charge >= 0.3 is 5.97 Å². The van der Waals surface area contributed by atoms with Crippen molar-refractivity contribution in [2.24, 2.45) is 0 Å². The van der Waals surface area contributed by atoms with E-state index in [1.165, 1.54) is 13.2 Å². The van der Waals surface area contributed by atoms with Gasteiger partial charge < -0.3 is 10.1 Å². The summed E-state index contributed by atoms with van der Waals surface area (Å²) in [5.41, 5.74) is 1.26. The zero-order chi connectivity index (χ0) is 19.2. The molecule has 0 aliphatic carbocycles. The van der Waals surface area contributed by atoms with Gasteiger partial charge in [0.15, 0.2) is 5.82 Å². The van der Waals surface area contributed by atoms with Gasteiger partial charge in [-0.1, -0.05) is 23.9 Å². The van der Waals surface area contributed by atoms with E-state index in [1.807, 2.05) is 0 Å². The lowest BCUT2D eigenvalue weighted by Gasteiger charge is -2.05. The van der Waals surface area contributed by atoms with Gasteiger partial charge in [0.05, 0.1) is 24.0 Å². The minimum Gasteiger partial charge on any atom is -0.465 e. The molecule has 0 saturated heterocycles. The van der Waals surface area contributed by atoms with Crippen LogP contribution in [-0.2, 0) is 9.53 Å². The molecule has 0 aliphatic rings. The molecule has 0 bridgehead atoms. The maximum Gasteiger partial charge on any atom is 0.337 e. The van der Waals surface area contributed by atoms with E-state index in [9.17, 15) is 14.0 Å². The lowest BCUT2D eigenvalue weighted by Crippen LogP contribution is -2.14. The quantitative estimate of drug-likeness (QED) is 0.499. The van der Waals surface area contributed by atoms with Gasteiger partial charge in [-0.15, -0.1) is 5.10 Å². The van der Waals surface area contributed by atoms with Gasteiger partial charge in [0.2, 0.25) is 11.1 Å². The number of amides is 1. The molecule has 0 fully saturated rings. The van der Waals surface area contributed by atoms with Crippen LogP contribution in [0.1, 0.15) is 10.4 Å². The van der Waals surface area contributed by atoms with E-state index >= 15 is 0 Å². The van der Waals surface area contributed by atoms with Gasteiger partial charge in [0.1, 0.15) is 5.82 Å². The maximum atomic E-state index is 13.8. The van der Waals surface area contributed by atoms with E-state index in [4.69, 9.17) is 0 Å². The lowest BCUT2D eigenvalue weighted by atomic mass is 10.2. The van der Waals surface area contributed by atoms with E-state index in [0.29, 0.717) is 27.8 Å². The second kappa shape index (κ2) is 8.45. The summed E-state index contributed by atoms with van der Waals surface area (Å²) in [7, 11) is 1.30. The molecule has 0 atom stereocenters. The number of hydrogen-bond donors (Lipinski definition) is 2. The summed E-state index contributed by atoms with van der Waals surface area (Å²) in [5.74, 6) is -0.734. The molecule has 0 unspecified atom stereocenters. The van der Waals surface area contributed by atoms with Gasteiger partial charge in [-0.2, -0.15) is 0 Å². The van der Waals surface area contributed by atoms with E-state index in [-0.39, 0.29) is 11.7 Å². The van der Waals surface area contributed by atoms with Crippen molar-refractivity contribution < 1.29 is 18.7 Å². The number of carbonyl (C=O) groups is 2. The predicted octanol–water partition coefficient (Wildman–Crippen LogP) is 3.13.